The minimum absolute atomic E-state index is 0.0232. The molecule has 1 aromatic carbocycles. The van der Waals surface area contributed by atoms with Gasteiger partial charge in [0.25, 0.3) is 5.56 Å². The van der Waals surface area contributed by atoms with E-state index in [1.165, 1.54) is 4.68 Å². The molecule has 15 heavy (non-hydrogen) atoms. The number of nitrogens with one attached hydrogen (secondary N) is 1. The normalized spacial score (nSPS) is 10.6. The minimum Gasteiger partial charge on any atom is -0.295 e. The Morgan fingerprint density at radius 1 is 1.33 bits per heavy atom. The number of aryl methyl sites for hydroxylation is 1. The van der Waals surface area contributed by atoms with Crippen LogP contribution in [0.5, 0.6) is 0 Å². The molecule has 2 rings (SSSR count). The largest absolute Gasteiger partial charge is 0.295 e. The SMILES string of the molecule is Cc1c(-c2ccccc2Cl)[nH]n(C)c1=O. The first kappa shape index (κ1) is 10.1. The molecule has 0 bridgehead atoms. The molecule has 3 nitrogen and oxygen atoms in total. The number of aromatic nitrogens is 2. The fourth-order valence-corrected chi connectivity index (χ4v) is 1.82. The Morgan fingerprint density at radius 3 is 2.53 bits per heavy atom. The molecule has 78 valence electrons. The van der Waals surface area contributed by atoms with E-state index in [1.54, 1.807) is 14.0 Å². The van der Waals surface area contributed by atoms with E-state index >= 15 is 0 Å². The van der Waals surface area contributed by atoms with Crippen LogP contribution in [0, 0.1) is 6.92 Å². The second kappa shape index (κ2) is 3.59. The third-order valence-electron chi connectivity index (χ3n) is 2.42. The molecule has 2 aromatic rings. The van der Waals surface area contributed by atoms with Crippen LogP contribution in [0.15, 0.2) is 29.1 Å². The molecule has 0 saturated carbocycles. The number of benzene rings is 1. The van der Waals surface area contributed by atoms with Crippen LogP contribution < -0.4 is 5.56 Å². The molecular weight excluding hydrogens is 212 g/mol. The molecule has 0 radical (unpaired) electrons. The molecular formula is C11H11ClN2O. The van der Waals surface area contributed by atoms with Crippen LogP contribution in [0.1, 0.15) is 5.56 Å². The number of H-pyrrole nitrogens is 1. The van der Waals surface area contributed by atoms with E-state index in [0.717, 1.165) is 11.3 Å². The van der Waals surface area contributed by atoms with Gasteiger partial charge >= 0.3 is 0 Å². The Bertz CT molecular complexity index is 554. The Morgan fingerprint density at radius 2 is 2.00 bits per heavy atom. The van der Waals surface area contributed by atoms with E-state index in [9.17, 15) is 4.79 Å². The first-order chi connectivity index (χ1) is 7.11. The molecule has 1 aromatic heterocycles. The topological polar surface area (TPSA) is 37.8 Å². The maximum atomic E-state index is 11.6. The first-order valence-corrected chi connectivity index (χ1v) is 4.99. The summed E-state index contributed by atoms with van der Waals surface area (Å²) in [4.78, 5) is 11.6. The lowest BCUT2D eigenvalue weighted by atomic mass is 10.1. The van der Waals surface area contributed by atoms with Crippen LogP contribution in [-0.4, -0.2) is 9.78 Å². The van der Waals surface area contributed by atoms with Gasteiger partial charge in [-0.25, -0.2) is 0 Å². The van der Waals surface area contributed by atoms with Gasteiger partial charge in [0.05, 0.1) is 5.69 Å². The van der Waals surface area contributed by atoms with Gasteiger partial charge in [-0.2, -0.15) is 0 Å². The predicted molar refractivity (Wildman–Crippen MR) is 61.2 cm³/mol. The zero-order valence-corrected chi connectivity index (χ0v) is 9.30. The molecule has 0 aliphatic rings. The molecule has 0 atom stereocenters. The van der Waals surface area contributed by atoms with Gasteiger partial charge in [0.2, 0.25) is 0 Å². The molecule has 0 aliphatic heterocycles. The number of hydrogen-bond donors (Lipinski definition) is 1. The van der Waals surface area contributed by atoms with Gasteiger partial charge in [-0.15, -0.1) is 0 Å². The van der Waals surface area contributed by atoms with Crippen molar-refractivity contribution >= 4 is 11.6 Å². The first-order valence-electron chi connectivity index (χ1n) is 4.61. The van der Waals surface area contributed by atoms with E-state index in [-0.39, 0.29) is 5.56 Å². The zero-order valence-electron chi connectivity index (χ0n) is 8.54. The standard InChI is InChI=1S/C11H11ClN2O/c1-7-10(13-14(2)11(7)15)8-5-3-4-6-9(8)12/h3-6,13H,1-2H3. The van der Waals surface area contributed by atoms with Crippen molar-refractivity contribution in [3.05, 3.63) is 45.2 Å². The van der Waals surface area contributed by atoms with Gasteiger partial charge in [-0.1, -0.05) is 29.8 Å². The molecule has 0 saturated heterocycles. The fraction of sp³-hybridized carbons (Fsp3) is 0.182. The summed E-state index contributed by atoms with van der Waals surface area (Å²) in [6.45, 7) is 1.79. The van der Waals surface area contributed by atoms with Gasteiger partial charge in [0, 0.05) is 23.2 Å². The lowest BCUT2D eigenvalue weighted by Crippen LogP contribution is -2.12. The van der Waals surface area contributed by atoms with Gasteiger partial charge < -0.3 is 0 Å². The molecule has 1 heterocycles. The Balaban J connectivity index is 2.70. The predicted octanol–water partition coefficient (Wildman–Crippen LogP) is 2.34. The van der Waals surface area contributed by atoms with Crippen molar-refractivity contribution in [1.82, 2.24) is 9.78 Å². The van der Waals surface area contributed by atoms with Gasteiger partial charge in [-0.3, -0.25) is 14.6 Å². The average Bonchev–Trinajstić information content (AvgIpc) is 2.47. The summed E-state index contributed by atoms with van der Waals surface area (Å²) < 4.78 is 1.45. The van der Waals surface area contributed by atoms with Crippen LogP contribution >= 0.6 is 11.6 Å². The minimum atomic E-state index is -0.0232. The van der Waals surface area contributed by atoms with E-state index in [1.807, 2.05) is 24.3 Å². The van der Waals surface area contributed by atoms with Crippen molar-refractivity contribution in [1.29, 1.82) is 0 Å². The van der Waals surface area contributed by atoms with E-state index in [0.29, 0.717) is 10.6 Å². The second-order valence-electron chi connectivity index (χ2n) is 3.46. The summed E-state index contributed by atoms with van der Waals surface area (Å²) >= 11 is 6.06. The summed E-state index contributed by atoms with van der Waals surface area (Å²) in [5.74, 6) is 0. The summed E-state index contributed by atoms with van der Waals surface area (Å²) in [6.07, 6.45) is 0. The molecule has 0 unspecified atom stereocenters. The number of rotatable bonds is 1. The maximum Gasteiger partial charge on any atom is 0.269 e. The average molecular weight is 223 g/mol. The molecule has 0 amide bonds. The summed E-state index contributed by atoms with van der Waals surface area (Å²) in [5.41, 5.74) is 2.30. The van der Waals surface area contributed by atoms with E-state index in [2.05, 4.69) is 5.10 Å². The van der Waals surface area contributed by atoms with E-state index < -0.39 is 0 Å². The molecule has 0 spiro atoms. The second-order valence-corrected chi connectivity index (χ2v) is 3.86. The number of aromatic amines is 1. The highest BCUT2D eigenvalue weighted by Crippen LogP contribution is 2.26. The van der Waals surface area contributed by atoms with E-state index in [4.69, 9.17) is 11.6 Å². The Hall–Kier alpha value is -1.48. The number of halogens is 1. The smallest absolute Gasteiger partial charge is 0.269 e. The Labute approximate surface area is 92.3 Å². The fourth-order valence-electron chi connectivity index (χ4n) is 1.59. The maximum absolute atomic E-state index is 11.6. The van der Waals surface area contributed by atoms with Crippen LogP contribution in [0.25, 0.3) is 11.3 Å². The molecule has 0 aliphatic carbocycles. The molecule has 1 N–H and O–H groups in total. The van der Waals surface area contributed by atoms with Crippen LogP contribution in [0.4, 0.5) is 0 Å². The third kappa shape index (κ3) is 1.59. The third-order valence-corrected chi connectivity index (χ3v) is 2.75. The van der Waals surface area contributed by atoms with Gasteiger partial charge in [0.1, 0.15) is 0 Å². The quantitative estimate of drug-likeness (QED) is 0.790. The lowest BCUT2D eigenvalue weighted by Gasteiger charge is -2.01. The molecule has 0 fully saturated rings. The van der Waals surface area contributed by atoms with Crippen LogP contribution in [-0.2, 0) is 7.05 Å². The summed E-state index contributed by atoms with van der Waals surface area (Å²) in [7, 11) is 1.69. The van der Waals surface area contributed by atoms with Gasteiger partial charge in [0.15, 0.2) is 0 Å². The van der Waals surface area contributed by atoms with Gasteiger partial charge in [-0.05, 0) is 13.0 Å². The number of hydrogen-bond acceptors (Lipinski definition) is 1. The highest BCUT2D eigenvalue weighted by Gasteiger charge is 2.11. The summed E-state index contributed by atoms with van der Waals surface area (Å²) in [6, 6.07) is 7.45. The lowest BCUT2D eigenvalue weighted by molar-refractivity contribution is 0.741. The zero-order chi connectivity index (χ0) is 11.0. The van der Waals surface area contributed by atoms with Crippen LogP contribution in [0.3, 0.4) is 0 Å². The van der Waals surface area contributed by atoms with Crippen molar-refractivity contribution in [3.8, 4) is 11.3 Å². The van der Waals surface area contributed by atoms with Crippen molar-refractivity contribution in [2.24, 2.45) is 7.05 Å². The monoisotopic (exact) mass is 222 g/mol. The highest BCUT2D eigenvalue weighted by molar-refractivity contribution is 6.33. The van der Waals surface area contributed by atoms with Crippen molar-refractivity contribution in [2.75, 3.05) is 0 Å². The van der Waals surface area contributed by atoms with Crippen molar-refractivity contribution < 1.29 is 0 Å². The Kier molecular flexibility index (Phi) is 2.40. The van der Waals surface area contributed by atoms with Crippen molar-refractivity contribution in [3.63, 3.8) is 0 Å². The summed E-state index contributed by atoms with van der Waals surface area (Å²) in [5, 5.41) is 3.63. The molecule has 4 heteroatoms. The highest BCUT2D eigenvalue weighted by atomic mass is 35.5. The van der Waals surface area contributed by atoms with Crippen molar-refractivity contribution in [2.45, 2.75) is 6.92 Å². The van der Waals surface area contributed by atoms with Crippen LogP contribution in [0.2, 0.25) is 5.02 Å². The number of nitrogens with zero attached hydrogens (tertiary/aromatic N) is 1.